The van der Waals surface area contributed by atoms with Crippen molar-refractivity contribution >= 4 is 23.1 Å². The number of carbonyl (C=O) groups excluding carboxylic acids is 1. The summed E-state index contributed by atoms with van der Waals surface area (Å²) in [5.41, 5.74) is 7.02. The molecule has 4 heteroatoms. The SMILES string of the molecule is Cc1cc(Cl)c(C(=O)c2cccc(N)c2)cc1F. The van der Waals surface area contributed by atoms with Crippen LogP contribution in [0.2, 0.25) is 5.02 Å². The Bertz CT molecular complexity index is 625. The van der Waals surface area contributed by atoms with Crippen LogP contribution in [0.25, 0.3) is 0 Å². The second-order valence-corrected chi connectivity index (χ2v) is 4.44. The molecule has 2 aromatic carbocycles. The van der Waals surface area contributed by atoms with Gasteiger partial charge in [0, 0.05) is 16.8 Å². The van der Waals surface area contributed by atoms with Crippen molar-refractivity contribution in [2.24, 2.45) is 0 Å². The Labute approximate surface area is 109 Å². The third-order valence-electron chi connectivity index (χ3n) is 2.64. The monoisotopic (exact) mass is 263 g/mol. The van der Waals surface area contributed by atoms with Crippen molar-refractivity contribution in [1.29, 1.82) is 0 Å². The lowest BCUT2D eigenvalue weighted by Crippen LogP contribution is -2.04. The van der Waals surface area contributed by atoms with Crippen LogP contribution in [0, 0.1) is 12.7 Å². The molecule has 0 aliphatic rings. The second-order valence-electron chi connectivity index (χ2n) is 4.04. The van der Waals surface area contributed by atoms with Gasteiger partial charge in [-0.05, 0) is 36.8 Å². The molecule has 2 nitrogen and oxygen atoms in total. The van der Waals surface area contributed by atoms with Crippen LogP contribution < -0.4 is 5.73 Å². The van der Waals surface area contributed by atoms with E-state index in [1.165, 1.54) is 12.1 Å². The van der Waals surface area contributed by atoms with E-state index in [-0.39, 0.29) is 16.4 Å². The predicted octanol–water partition coefficient (Wildman–Crippen LogP) is 3.60. The fourth-order valence-corrected chi connectivity index (χ4v) is 1.96. The van der Waals surface area contributed by atoms with Gasteiger partial charge in [0.1, 0.15) is 5.82 Å². The minimum Gasteiger partial charge on any atom is -0.399 e. The first kappa shape index (κ1) is 12.6. The second kappa shape index (κ2) is 4.78. The minimum atomic E-state index is -0.452. The molecule has 2 N–H and O–H groups in total. The van der Waals surface area contributed by atoms with E-state index in [0.29, 0.717) is 16.8 Å². The van der Waals surface area contributed by atoms with Gasteiger partial charge in [-0.2, -0.15) is 0 Å². The molecule has 0 fully saturated rings. The molecule has 18 heavy (non-hydrogen) atoms. The molecule has 92 valence electrons. The largest absolute Gasteiger partial charge is 0.399 e. The van der Waals surface area contributed by atoms with Crippen molar-refractivity contribution in [2.75, 3.05) is 5.73 Å². The van der Waals surface area contributed by atoms with Crippen molar-refractivity contribution in [3.05, 3.63) is 63.9 Å². The zero-order chi connectivity index (χ0) is 13.3. The number of hydrogen-bond acceptors (Lipinski definition) is 2. The summed E-state index contributed by atoms with van der Waals surface area (Å²) in [6, 6.07) is 9.10. The Morgan fingerprint density at radius 1 is 1.28 bits per heavy atom. The topological polar surface area (TPSA) is 43.1 Å². The summed E-state index contributed by atoms with van der Waals surface area (Å²) < 4.78 is 13.5. The lowest BCUT2D eigenvalue weighted by molar-refractivity contribution is 0.103. The molecule has 0 aliphatic carbocycles. The number of halogens is 2. The maximum absolute atomic E-state index is 13.5. The summed E-state index contributed by atoms with van der Waals surface area (Å²) in [5, 5.41) is 0.237. The van der Waals surface area contributed by atoms with Gasteiger partial charge in [-0.1, -0.05) is 23.7 Å². The molecule has 0 spiro atoms. The molecule has 2 rings (SSSR count). The van der Waals surface area contributed by atoms with Crippen LogP contribution in [0.15, 0.2) is 36.4 Å². The molecule has 0 bridgehead atoms. The Balaban J connectivity index is 2.49. The van der Waals surface area contributed by atoms with Gasteiger partial charge >= 0.3 is 0 Å². The van der Waals surface area contributed by atoms with Gasteiger partial charge in [-0.25, -0.2) is 4.39 Å². The summed E-state index contributed by atoms with van der Waals surface area (Å²) in [4.78, 5) is 12.2. The van der Waals surface area contributed by atoms with Crippen LogP contribution in [0.5, 0.6) is 0 Å². The summed E-state index contributed by atoms with van der Waals surface area (Å²) in [6.45, 7) is 1.59. The quantitative estimate of drug-likeness (QED) is 0.664. The number of benzene rings is 2. The first-order chi connectivity index (χ1) is 8.49. The minimum absolute atomic E-state index is 0.144. The zero-order valence-electron chi connectivity index (χ0n) is 9.71. The average molecular weight is 264 g/mol. The summed E-state index contributed by atoms with van der Waals surface area (Å²) in [5.74, 6) is -0.794. The van der Waals surface area contributed by atoms with E-state index in [4.69, 9.17) is 17.3 Å². The molecule has 0 aromatic heterocycles. The van der Waals surface area contributed by atoms with E-state index in [9.17, 15) is 9.18 Å². The maximum atomic E-state index is 13.5. The van der Waals surface area contributed by atoms with Crippen molar-refractivity contribution in [3.63, 3.8) is 0 Å². The Kier molecular flexibility index (Phi) is 3.34. The van der Waals surface area contributed by atoms with E-state index < -0.39 is 5.82 Å². The molecule has 0 saturated heterocycles. The fourth-order valence-electron chi connectivity index (χ4n) is 1.66. The van der Waals surface area contributed by atoms with Gasteiger partial charge < -0.3 is 5.73 Å². The van der Waals surface area contributed by atoms with Gasteiger partial charge in [0.15, 0.2) is 5.78 Å². The Hall–Kier alpha value is -1.87. The highest BCUT2D eigenvalue weighted by molar-refractivity contribution is 6.35. The zero-order valence-corrected chi connectivity index (χ0v) is 10.5. The number of rotatable bonds is 2. The fraction of sp³-hybridized carbons (Fsp3) is 0.0714. The Morgan fingerprint density at radius 2 is 2.00 bits per heavy atom. The highest BCUT2D eigenvalue weighted by Gasteiger charge is 2.15. The van der Waals surface area contributed by atoms with E-state index in [1.807, 2.05) is 0 Å². The van der Waals surface area contributed by atoms with E-state index >= 15 is 0 Å². The third-order valence-corrected chi connectivity index (χ3v) is 2.95. The molecular formula is C14H11ClFNO. The molecule has 0 saturated carbocycles. The van der Waals surface area contributed by atoms with Crippen molar-refractivity contribution in [2.45, 2.75) is 6.92 Å². The van der Waals surface area contributed by atoms with E-state index in [2.05, 4.69) is 0 Å². The molecule has 0 heterocycles. The number of anilines is 1. The van der Waals surface area contributed by atoms with Crippen LogP contribution in [-0.4, -0.2) is 5.78 Å². The van der Waals surface area contributed by atoms with Gasteiger partial charge in [-0.3, -0.25) is 4.79 Å². The van der Waals surface area contributed by atoms with Crippen LogP contribution in [0.4, 0.5) is 10.1 Å². The van der Waals surface area contributed by atoms with E-state index in [1.54, 1.807) is 25.1 Å². The molecule has 0 amide bonds. The lowest BCUT2D eigenvalue weighted by Gasteiger charge is -2.06. The smallest absolute Gasteiger partial charge is 0.194 e. The van der Waals surface area contributed by atoms with Crippen molar-refractivity contribution in [3.8, 4) is 0 Å². The third kappa shape index (κ3) is 2.36. The number of nitrogen functional groups attached to an aromatic ring is 1. The summed E-state index contributed by atoms with van der Waals surface area (Å²) in [6.07, 6.45) is 0. The standard InChI is InChI=1S/C14H11ClFNO/c1-8-5-12(15)11(7-13(8)16)14(18)9-3-2-4-10(17)6-9/h2-7H,17H2,1H3. The Morgan fingerprint density at radius 3 is 2.67 bits per heavy atom. The average Bonchev–Trinajstić information content (AvgIpc) is 2.33. The number of nitrogens with two attached hydrogens (primary N) is 1. The molecule has 2 aromatic rings. The number of carbonyl (C=O) groups is 1. The molecule has 0 radical (unpaired) electrons. The molecular weight excluding hydrogens is 253 g/mol. The summed E-state index contributed by atoms with van der Waals surface area (Å²) >= 11 is 5.97. The highest BCUT2D eigenvalue weighted by Crippen LogP contribution is 2.23. The lowest BCUT2D eigenvalue weighted by atomic mass is 10.0. The van der Waals surface area contributed by atoms with Gasteiger partial charge in [-0.15, -0.1) is 0 Å². The highest BCUT2D eigenvalue weighted by atomic mass is 35.5. The molecule has 0 atom stereocenters. The predicted molar refractivity (Wildman–Crippen MR) is 70.4 cm³/mol. The normalized spacial score (nSPS) is 10.4. The van der Waals surface area contributed by atoms with E-state index in [0.717, 1.165) is 6.07 Å². The van der Waals surface area contributed by atoms with Gasteiger partial charge in [0.25, 0.3) is 0 Å². The van der Waals surface area contributed by atoms with Crippen LogP contribution in [0.3, 0.4) is 0 Å². The maximum Gasteiger partial charge on any atom is 0.194 e. The first-order valence-electron chi connectivity index (χ1n) is 5.35. The van der Waals surface area contributed by atoms with Crippen LogP contribution in [-0.2, 0) is 0 Å². The van der Waals surface area contributed by atoms with Gasteiger partial charge in [0.05, 0.1) is 5.02 Å². The van der Waals surface area contributed by atoms with Gasteiger partial charge in [0.2, 0.25) is 0 Å². The molecule has 0 unspecified atom stereocenters. The number of aryl methyl sites for hydroxylation is 1. The summed E-state index contributed by atoms with van der Waals surface area (Å²) in [7, 11) is 0. The van der Waals surface area contributed by atoms with Crippen LogP contribution in [0.1, 0.15) is 21.5 Å². The number of hydrogen-bond donors (Lipinski definition) is 1. The van der Waals surface area contributed by atoms with Crippen LogP contribution >= 0.6 is 11.6 Å². The van der Waals surface area contributed by atoms with Crippen molar-refractivity contribution < 1.29 is 9.18 Å². The molecule has 0 aliphatic heterocycles. The number of ketones is 1. The first-order valence-corrected chi connectivity index (χ1v) is 5.72. The van der Waals surface area contributed by atoms with Crippen molar-refractivity contribution in [1.82, 2.24) is 0 Å².